The van der Waals surface area contributed by atoms with E-state index >= 15 is 0 Å². The lowest BCUT2D eigenvalue weighted by atomic mass is 10.3. The lowest BCUT2D eigenvalue weighted by molar-refractivity contribution is -0.386. The van der Waals surface area contributed by atoms with Crippen LogP contribution < -0.4 is 10.0 Å². The van der Waals surface area contributed by atoms with Crippen molar-refractivity contribution in [3.8, 4) is 0 Å². The Balaban J connectivity index is 1.69. The Hall–Kier alpha value is -3.87. The van der Waals surface area contributed by atoms with Gasteiger partial charge >= 0.3 is 5.69 Å². The zero-order valence-corrected chi connectivity index (χ0v) is 18.6. The molecule has 3 rings (SSSR count). The van der Waals surface area contributed by atoms with Gasteiger partial charge in [-0.05, 0) is 58.0 Å². The maximum Gasteiger partial charge on any atom is 0.312 e. The molecule has 2 aromatic heterocycles. The fraction of sp³-hybridized carbons (Fsp3) is 0.263. The van der Waals surface area contributed by atoms with Crippen LogP contribution in [0.3, 0.4) is 0 Å². The lowest BCUT2D eigenvalue weighted by Crippen LogP contribution is -2.20. The number of carbonyl (C=O) groups excluding carboxylic acids is 1. The molecule has 12 nitrogen and oxygen atoms in total. The molecule has 0 atom stereocenters. The smallest absolute Gasteiger partial charge is 0.312 e. The summed E-state index contributed by atoms with van der Waals surface area (Å²) in [5.74, 6) is -0.498. The van der Waals surface area contributed by atoms with Crippen LogP contribution in [0.2, 0.25) is 0 Å². The van der Waals surface area contributed by atoms with Crippen molar-refractivity contribution in [2.24, 2.45) is 0 Å². The Labute approximate surface area is 183 Å². The van der Waals surface area contributed by atoms with E-state index in [4.69, 9.17) is 0 Å². The summed E-state index contributed by atoms with van der Waals surface area (Å²) in [5, 5.41) is 17.7. The Morgan fingerprint density at radius 3 is 2.22 bits per heavy atom. The summed E-state index contributed by atoms with van der Waals surface area (Å²) in [6, 6.07) is 7.24. The first-order chi connectivity index (χ1) is 15.0. The molecule has 2 heterocycles. The molecule has 0 aliphatic heterocycles. The zero-order chi connectivity index (χ0) is 23.6. The van der Waals surface area contributed by atoms with E-state index in [1.807, 2.05) is 0 Å². The molecule has 0 radical (unpaired) electrons. The highest BCUT2D eigenvalue weighted by atomic mass is 32.2. The first-order valence-electron chi connectivity index (χ1n) is 9.39. The second kappa shape index (κ2) is 8.70. The molecule has 1 amide bonds. The number of benzene rings is 1. The fourth-order valence-corrected chi connectivity index (χ4v) is 4.05. The van der Waals surface area contributed by atoms with Gasteiger partial charge in [-0.1, -0.05) is 0 Å². The second-order valence-electron chi connectivity index (χ2n) is 7.09. The maximum absolute atomic E-state index is 12.6. The average molecular weight is 459 g/mol. The average Bonchev–Trinajstić information content (AvgIpc) is 2.94. The minimum Gasteiger partial charge on any atom is -0.324 e. The maximum atomic E-state index is 12.6. The number of aromatic nitrogens is 4. The van der Waals surface area contributed by atoms with Crippen molar-refractivity contribution in [3.63, 3.8) is 0 Å². The van der Waals surface area contributed by atoms with Crippen molar-refractivity contribution >= 4 is 33.3 Å². The predicted molar refractivity (Wildman–Crippen MR) is 116 cm³/mol. The number of rotatable bonds is 7. The van der Waals surface area contributed by atoms with E-state index in [1.165, 1.54) is 42.8 Å². The van der Waals surface area contributed by atoms with Gasteiger partial charge in [0.15, 0.2) is 0 Å². The van der Waals surface area contributed by atoms with Crippen molar-refractivity contribution in [1.82, 2.24) is 19.7 Å². The van der Waals surface area contributed by atoms with Crippen LogP contribution in [0.4, 0.5) is 17.3 Å². The third kappa shape index (κ3) is 5.06. The number of carbonyl (C=O) groups is 1. The molecular weight excluding hydrogens is 438 g/mol. The molecule has 0 spiro atoms. The van der Waals surface area contributed by atoms with E-state index in [2.05, 4.69) is 25.1 Å². The molecule has 168 valence electrons. The Kier molecular flexibility index (Phi) is 6.20. The highest BCUT2D eigenvalue weighted by molar-refractivity contribution is 7.92. The van der Waals surface area contributed by atoms with Crippen LogP contribution in [0.5, 0.6) is 0 Å². The Morgan fingerprint density at radius 1 is 1.09 bits per heavy atom. The lowest BCUT2D eigenvalue weighted by Gasteiger charge is -2.10. The molecule has 0 aliphatic rings. The summed E-state index contributed by atoms with van der Waals surface area (Å²) >= 11 is 0. The minimum absolute atomic E-state index is 0.0288. The Bertz CT molecular complexity index is 1280. The van der Waals surface area contributed by atoms with Crippen LogP contribution in [0.1, 0.15) is 22.8 Å². The SMILES string of the molecule is Cc1cc(C)nc(NS(=O)(=O)c2ccc(NC(=O)Cn3nc(C)c([N+](=O)[O-])c3C)cc2)n1. The minimum atomic E-state index is -3.92. The Morgan fingerprint density at radius 2 is 1.69 bits per heavy atom. The number of hydrogen-bond donors (Lipinski definition) is 2. The fourth-order valence-electron chi connectivity index (χ4n) is 3.11. The van der Waals surface area contributed by atoms with E-state index in [9.17, 15) is 23.3 Å². The predicted octanol–water partition coefficient (Wildman–Crippen LogP) is 2.25. The van der Waals surface area contributed by atoms with Crippen LogP contribution in [0.25, 0.3) is 0 Å². The highest BCUT2D eigenvalue weighted by Gasteiger charge is 2.23. The van der Waals surface area contributed by atoms with Crippen LogP contribution >= 0.6 is 0 Å². The van der Waals surface area contributed by atoms with Crippen molar-refractivity contribution in [3.05, 3.63) is 63.2 Å². The van der Waals surface area contributed by atoms with E-state index < -0.39 is 20.9 Å². The van der Waals surface area contributed by atoms with Crippen LogP contribution in [0, 0.1) is 37.8 Å². The molecule has 32 heavy (non-hydrogen) atoms. The van der Waals surface area contributed by atoms with Gasteiger partial charge in [0.1, 0.15) is 17.9 Å². The number of nitrogens with one attached hydrogen (secondary N) is 2. The molecule has 2 N–H and O–H groups in total. The van der Waals surface area contributed by atoms with Crippen LogP contribution in [0.15, 0.2) is 35.2 Å². The first-order valence-corrected chi connectivity index (χ1v) is 10.9. The quantitative estimate of drug-likeness (QED) is 0.401. The molecule has 0 aliphatic carbocycles. The summed E-state index contributed by atoms with van der Waals surface area (Å²) in [7, 11) is -3.92. The molecule has 13 heteroatoms. The van der Waals surface area contributed by atoms with Gasteiger partial charge in [0.2, 0.25) is 11.9 Å². The zero-order valence-electron chi connectivity index (χ0n) is 17.8. The third-order valence-electron chi connectivity index (χ3n) is 4.48. The molecule has 0 bridgehead atoms. The molecule has 3 aromatic rings. The number of hydrogen-bond acceptors (Lipinski definition) is 8. The van der Waals surface area contributed by atoms with Gasteiger partial charge in [0.25, 0.3) is 10.0 Å². The topological polar surface area (TPSA) is 162 Å². The molecule has 1 aromatic carbocycles. The van der Waals surface area contributed by atoms with E-state index in [0.717, 1.165) is 0 Å². The van der Waals surface area contributed by atoms with E-state index in [1.54, 1.807) is 19.9 Å². The second-order valence-corrected chi connectivity index (χ2v) is 8.77. The largest absolute Gasteiger partial charge is 0.324 e. The number of nitro groups is 1. The molecule has 0 saturated heterocycles. The molecule has 0 saturated carbocycles. The monoisotopic (exact) mass is 459 g/mol. The van der Waals surface area contributed by atoms with Gasteiger partial charge in [-0.15, -0.1) is 0 Å². The van der Waals surface area contributed by atoms with Crippen molar-refractivity contribution in [2.75, 3.05) is 10.0 Å². The number of sulfonamides is 1. The summed E-state index contributed by atoms with van der Waals surface area (Å²) < 4.78 is 28.7. The normalized spacial score (nSPS) is 11.2. The van der Waals surface area contributed by atoms with Gasteiger partial charge in [0.05, 0.1) is 9.82 Å². The number of aryl methyl sites for hydroxylation is 3. The highest BCUT2D eigenvalue weighted by Crippen LogP contribution is 2.22. The summed E-state index contributed by atoms with van der Waals surface area (Å²) in [5.41, 5.74) is 1.96. The standard InChI is InChI=1S/C19H21N7O5S/c1-11-9-12(2)21-19(20-11)24-32(30,31)16-7-5-15(6-8-16)22-17(27)10-25-14(4)18(26(28)29)13(3)23-25/h5-9H,10H2,1-4H3,(H,22,27)(H,20,21,24). The van der Waals surface area contributed by atoms with Gasteiger partial charge < -0.3 is 5.32 Å². The van der Waals surface area contributed by atoms with Gasteiger partial charge in [-0.25, -0.2) is 23.1 Å². The van der Waals surface area contributed by atoms with E-state index in [0.29, 0.717) is 17.1 Å². The van der Waals surface area contributed by atoms with Gasteiger partial charge in [-0.3, -0.25) is 19.6 Å². The first kappa shape index (κ1) is 22.8. The van der Waals surface area contributed by atoms with Crippen LogP contribution in [-0.2, 0) is 21.4 Å². The number of amides is 1. The van der Waals surface area contributed by atoms with Crippen molar-refractivity contribution in [2.45, 2.75) is 39.1 Å². The van der Waals surface area contributed by atoms with Gasteiger partial charge in [-0.2, -0.15) is 5.10 Å². The number of anilines is 2. The molecule has 0 unspecified atom stereocenters. The van der Waals surface area contributed by atoms with Crippen LogP contribution in [-0.4, -0.2) is 39.0 Å². The molecule has 0 fully saturated rings. The van der Waals surface area contributed by atoms with Crippen molar-refractivity contribution < 1.29 is 18.1 Å². The number of nitrogens with zero attached hydrogens (tertiary/aromatic N) is 5. The van der Waals surface area contributed by atoms with Gasteiger partial charge in [0, 0.05) is 17.1 Å². The third-order valence-corrected chi connectivity index (χ3v) is 5.82. The summed E-state index contributed by atoms with van der Waals surface area (Å²) in [4.78, 5) is 30.9. The summed E-state index contributed by atoms with van der Waals surface area (Å²) in [6.07, 6.45) is 0. The van der Waals surface area contributed by atoms with Crippen molar-refractivity contribution in [1.29, 1.82) is 0 Å². The molecular formula is C19H21N7O5S. The van der Waals surface area contributed by atoms with E-state index in [-0.39, 0.29) is 34.5 Å². The summed E-state index contributed by atoms with van der Waals surface area (Å²) in [6.45, 7) is 6.24.